The average Bonchev–Trinajstić information content (AvgIpc) is 2.43. The lowest BCUT2D eigenvalue weighted by atomic mass is 10.1. The summed E-state index contributed by atoms with van der Waals surface area (Å²) < 4.78 is 5.85. The van der Waals surface area contributed by atoms with Crippen LogP contribution in [0.5, 0.6) is 5.75 Å². The number of aryl methyl sites for hydroxylation is 1. The van der Waals surface area contributed by atoms with Crippen LogP contribution >= 0.6 is 0 Å². The molecule has 1 amide bonds. The van der Waals surface area contributed by atoms with Gasteiger partial charge in [0.2, 0.25) is 5.91 Å². The van der Waals surface area contributed by atoms with Gasteiger partial charge in [-0.3, -0.25) is 4.79 Å². The van der Waals surface area contributed by atoms with Crippen molar-refractivity contribution in [3.8, 4) is 5.75 Å². The Morgan fingerprint density at radius 1 is 1.10 bits per heavy atom. The van der Waals surface area contributed by atoms with Gasteiger partial charge in [-0.2, -0.15) is 0 Å². The molecule has 104 valence electrons. The fraction of sp³-hybridized carbons (Fsp3) is 0.235. The van der Waals surface area contributed by atoms with E-state index in [1.54, 1.807) is 0 Å². The number of carbonyl (C=O) groups excluding carboxylic acids is 1. The number of ether oxygens (including phenoxy) is 1. The van der Waals surface area contributed by atoms with Crippen molar-refractivity contribution in [2.75, 3.05) is 5.32 Å². The molecule has 2 rings (SSSR count). The second-order valence-electron chi connectivity index (χ2n) is 4.84. The minimum Gasteiger partial charge on any atom is -0.489 e. The maximum Gasteiger partial charge on any atom is 0.221 e. The Hall–Kier alpha value is -2.29. The van der Waals surface area contributed by atoms with Crippen LogP contribution in [-0.4, -0.2) is 5.91 Å². The van der Waals surface area contributed by atoms with E-state index >= 15 is 0 Å². The van der Waals surface area contributed by atoms with Gasteiger partial charge in [0, 0.05) is 12.5 Å². The highest BCUT2D eigenvalue weighted by Crippen LogP contribution is 2.29. The number of hydrogen-bond donors (Lipinski definition) is 1. The highest BCUT2D eigenvalue weighted by atomic mass is 16.5. The fourth-order valence-electron chi connectivity index (χ4n) is 2.09. The first-order chi connectivity index (χ1) is 9.58. The van der Waals surface area contributed by atoms with Gasteiger partial charge in [0.1, 0.15) is 12.4 Å². The summed E-state index contributed by atoms with van der Waals surface area (Å²) in [7, 11) is 0. The smallest absolute Gasteiger partial charge is 0.221 e. The van der Waals surface area contributed by atoms with Crippen molar-refractivity contribution >= 4 is 11.6 Å². The zero-order valence-electron chi connectivity index (χ0n) is 12.1. The molecule has 0 aromatic heterocycles. The summed E-state index contributed by atoms with van der Waals surface area (Å²) in [5.41, 5.74) is 3.94. The first-order valence-corrected chi connectivity index (χ1v) is 6.62. The highest BCUT2D eigenvalue weighted by molar-refractivity contribution is 5.91. The summed E-state index contributed by atoms with van der Waals surface area (Å²) in [4.78, 5) is 11.3. The van der Waals surface area contributed by atoms with Crippen LogP contribution < -0.4 is 10.1 Å². The molecule has 0 fully saturated rings. The monoisotopic (exact) mass is 269 g/mol. The van der Waals surface area contributed by atoms with E-state index in [0.717, 1.165) is 28.1 Å². The molecule has 0 saturated heterocycles. The Kier molecular flexibility index (Phi) is 4.41. The number of benzene rings is 2. The first-order valence-electron chi connectivity index (χ1n) is 6.62. The van der Waals surface area contributed by atoms with Gasteiger partial charge in [-0.15, -0.1) is 0 Å². The second kappa shape index (κ2) is 6.24. The van der Waals surface area contributed by atoms with Crippen LogP contribution in [0, 0.1) is 13.8 Å². The number of hydrogen-bond acceptors (Lipinski definition) is 2. The Labute approximate surface area is 119 Å². The zero-order chi connectivity index (χ0) is 14.5. The van der Waals surface area contributed by atoms with Crippen LogP contribution in [-0.2, 0) is 11.4 Å². The van der Waals surface area contributed by atoms with Crippen LogP contribution in [0.1, 0.15) is 23.6 Å². The summed E-state index contributed by atoms with van der Waals surface area (Å²) in [6.07, 6.45) is 0. The third-order valence-electron chi connectivity index (χ3n) is 3.16. The molecule has 0 radical (unpaired) electrons. The van der Waals surface area contributed by atoms with E-state index in [1.807, 2.05) is 56.3 Å². The van der Waals surface area contributed by atoms with Gasteiger partial charge in [0.05, 0.1) is 5.69 Å². The van der Waals surface area contributed by atoms with E-state index in [2.05, 4.69) is 5.32 Å². The number of carbonyl (C=O) groups is 1. The summed E-state index contributed by atoms with van der Waals surface area (Å²) in [5, 5.41) is 2.86. The molecule has 2 aromatic carbocycles. The van der Waals surface area contributed by atoms with Gasteiger partial charge < -0.3 is 10.1 Å². The van der Waals surface area contributed by atoms with E-state index in [1.165, 1.54) is 6.92 Å². The van der Waals surface area contributed by atoms with Crippen molar-refractivity contribution in [3.05, 3.63) is 59.2 Å². The predicted octanol–water partition coefficient (Wildman–Crippen LogP) is 3.84. The molecule has 3 nitrogen and oxygen atoms in total. The standard InChI is InChI=1S/C17H19NO2/c1-12-9-10-16(13(2)17(12)18-14(3)19)20-11-15-7-5-4-6-8-15/h4-10H,11H2,1-3H3,(H,18,19). The molecule has 0 bridgehead atoms. The van der Waals surface area contributed by atoms with Gasteiger partial charge >= 0.3 is 0 Å². The molecule has 0 atom stereocenters. The topological polar surface area (TPSA) is 38.3 Å². The van der Waals surface area contributed by atoms with Gasteiger partial charge in [0.15, 0.2) is 0 Å². The van der Waals surface area contributed by atoms with Crippen LogP contribution in [0.15, 0.2) is 42.5 Å². The van der Waals surface area contributed by atoms with Gasteiger partial charge in [-0.05, 0) is 31.0 Å². The Morgan fingerprint density at radius 2 is 1.80 bits per heavy atom. The number of rotatable bonds is 4. The van der Waals surface area contributed by atoms with Gasteiger partial charge in [-0.1, -0.05) is 36.4 Å². The molecular formula is C17H19NO2. The lowest BCUT2D eigenvalue weighted by Gasteiger charge is -2.15. The van der Waals surface area contributed by atoms with Gasteiger partial charge in [0.25, 0.3) is 0 Å². The molecule has 20 heavy (non-hydrogen) atoms. The van der Waals surface area contributed by atoms with Crippen molar-refractivity contribution < 1.29 is 9.53 Å². The lowest BCUT2D eigenvalue weighted by Crippen LogP contribution is -2.09. The Morgan fingerprint density at radius 3 is 2.45 bits per heavy atom. The lowest BCUT2D eigenvalue weighted by molar-refractivity contribution is -0.114. The maximum absolute atomic E-state index is 11.3. The molecule has 0 spiro atoms. The van der Waals surface area contributed by atoms with E-state index in [4.69, 9.17) is 4.74 Å². The van der Waals surface area contributed by atoms with E-state index in [9.17, 15) is 4.79 Å². The minimum absolute atomic E-state index is 0.0728. The normalized spacial score (nSPS) is 10.2. The maximum atomic E-state index is 11.3. The molecule has 3 heteroatoms. The number of anilines is 1. The third-order valence-corrected chi connectivity index (χ3v) is 3.16. The molecule has 0 aliphatic rings. The van der Waals surface area contributed by atoms with E-state index in [-0.39, 0.29) is 5.91 Å². The first kappa shape index (κ1) is 14.1. The average molecular weight is 269 g/mol. The quantitative estimate of drug-likeness (QED) is 0.915. The van der Waals surface area contributed by atoms with Crippen molar-refractivity contribution in [1.29, 1.82) is 0 Å². The van der Waals surface area contributed by atoms with Crippen LogP contribution in [0.3, 0.4) is 0 Å². The highest BCUT2D eigenvalue weighted by Gasteiger charge is 2.09. The predicted molar refractivity (Wildman–Crippen MR) is 81.0 cm³/mol. The second-order valence-corrected chi connectivity index (χ2v) is 4.84. The molecule has 0 saturated carbocycles. The third kappa shape index (κ3) is 3.38. The van der Waals surface area contributed by atoms with Crippen molar-refractivity contribution in [3.63, 3.8) is 0 Å². The minimum atomic E-state index is -0.0728. The van der Waals surface area contributed by atoms with Crippen molar-refractivity contribution in [1.82, 2.24) is 0 Å². The molecule has 2 aromatic rings. The molecule has 1 N–H and O–H groups in total. The molecule has 0 aliphatic carbocycles. The Balaban J connectivity index is 2.18. The van der Waals surface area contributed by atoms with E-state index in [0.29, 0.717) is 6.61 Å². The fourth-order valence-corrected chi connectivity index (χ4v) is 2.09. The SMILES string of the molecule is CC(=O)Nc1c(C)ccc(OCc2ccccc2)c1C. The van der Waals surface area contributed by atoms with Crippen LogP contribution in [0.4, 0.5) is 5.69 Å². The summed E-state index contributed by atoms with van der Waals surface area (Å²) in [6, 6.07) is 13.9. The summed E-state index contributed by atoms with van der Waals surface area (Å²) >= 11 is 0. The molecule has 0 heterocycles. The van der Waals surface area contributed by atoms with Crippen molar-refractivity contribution in [2.45, 2.75) is 27.4 Å². The molecule has 0 unspecified atom stereocenters. The van der Waals surface area contributed by atoms with Crippen molar-refractivity contribution in [2.24, 2.45) is 0 Å². The summed E-state index contributed by atoms with van der Waals surface area (Å²) in [6.45, 7) is 5.96. The largest absolute Gasteiger partial charge is 0.489 e. The van der Waals surface area contributed by atoms with E-state index < -0.39 is 0 Å². The Bertz CT molecular complexity index is 606. The molecule has 0 aliphatic heterocycles. The number of amides is 1. The zero-order valence-corrected chi connectivity index (χ0v) is 12.1. The van der Waals surface area contributed by atoms with Gasteiger partial charge in [-0.25, -0.2) is 0 Å². The number of nitrogens with one attached hydrogen (secondary N) is 1. The molecular weight excluding hydrogens is 250 g/mol. The summed E-state index contributed by atoms with van der Waals surface area (Å²) in [5.74, 6) is 0.722. The van der Waals surface area contributed by atoms with Crippen LogP contribution in [0.25, 0.3) is 0 Å². The van der Waals surface area contributed by atoms with Crippen LogP contribution in [0.2, 0.25) is 0 Å².